The third-order valence-corrected chi connectivity index (χ3v) is 5.91. The van der Waals surface area contributed by atoms with E-state index >= 15 is 0 Å². The lowest BCUT2D eigenvalue weighted by Gasteiger charge is -2.10. The Balaban J connectivity index is 1.93. The van der Waals surface area contributed by atoms with Crippen molar-refractivity contribution in [1.82, 2.24) is 9.97 Å². The summed E-state index contributed by atoms with van der Waals surface area (Å²) in [7, 11) is 0. The van der Waals surface area contributed by atoms with Gasteiger partial charge in [-0.05, 0) is 36.2 Å². The molecule has 6 heteroatoms. The number of anilines is 2. The highest BCUT2D eigenvalue weighted by Crippen LogP contribution is 2.42. The van der Waals surface area contributed by atoms with Gasteiger partial charge in [-0.3, -0.25) is 0 Å². The smallest absolute Gasteiger partial charge is 0.146 e. The molecule has 2 aromatic heterocycles. The summed E-state index contributed by atoms with van der Waals surface area (Å²) in [5, 5.41) is 4.08. The molecule has 4 rings (SSSR count). The molecule has 2 aromatic carbocycles. The van der Waals surface area contributed by atoms with E-state index in [1.165, 1.54) is 17.3 Å². The van der Waals surface area contributed by atoms with E-state index in [1.807, 2.05) is 12.1 Å². The molecule has 26 heavy (non-hydrogen) atoms. The highest BCUT2D eigenvalue weighted by molar-refractivity contribution is 9.10. The molecule has 0 saturated heterocycles. The Hall–Kier alpha value is -2.31. The largest absolute Gasteiger partial charge is 0.337 e. The van der Waals surface area contributed by atoms with Crippen molar-refractivity contribution in [2.24, 2.45) is 0 Å². The van der Waals surface area contributed by atoms with Gasteiger partial charge in [0.1, 0.15) is 22.8 Å². The Morgan fingerprint density at radius 2 is 1.85 bits per heavy atom. The SMILES string of the molecule is CCc1sc2ncnc(Nc3ccccc3F)c2c1-c1ccc(Br)cc1. The molecule has 3 nitrogen and oxygen atoms in total. The Kier molecular flexibility index (Phi) is 4.70. The number of thiophene rings is 1. The van der Waals surface area contributed by atoms with Crippen LogP contribution in [0.4, 0.5) is 15.9 Å². The molecule has 1 N–H and O–H groups in total. The second kappa shape index (κ2) is 7.13. The number of benzene rings is 2. The molecule has 130 valence electrons. The van der Waals surface area contributed by atoms with Gasteiger partial charge >= 0.3 is 0 Å². The van der Waals surface area contributed by atoms with Crippen LogP contribution in [0.2, 0.25) is 0 Å². The molecule has 0 spiro atoms. The van der Waals surface area contributed by atoms with Gasteiger partial charge in [-0.15, -0.1) is 11.3 Å². The van der Waals surface area contributed by atoms with E-state index in [1.54, 1.807) is 29.5 Å². The quantitative estimate of drug-likeness (QED) is 0.400. The predicted molar refractivity (Wildman–Crippen MR) is 110 cm³/mol. The number of aryl methyl sites for hydroxylation is 1. The summed E-state index contributed by atoms with van der Waals surface area (Å²) in [6.45, 7) is 2.13. The van der Waals surface area contributed by atoms with Crippen molar-refractivity contribution in [3.63, 3.8) is 0 Å². The predicted octanol–water partition coefficient (Wildman–Crippen LogP) is 6.57. The van der Waals surface area contributed by atoms with Crippen molar-refractivity contribution in [3.8, 4) is 11.1 Å². The maximum atomic E-state index is 14.1. The normalized spacial score (nSPS) is 11.0. The van der Waals surface area contributed by atoms with Crippen molar-refractivity contribution in [2.45, 2.75) is 13.3 Å². The summed E-state index contributed by atoms with van der Waals surface area (Å²) in [5.74, 6) is 0.310. The second-order valence-electron chi connectivity index (χ2n) is 5.77. The summed E-state index contributed by atoms with van der Waals surface area (Å²) in [4.78, 5) is 11.0. The van der Waals surface area contributed by atoms with Crippen LogP contribution in [0.15, 0.2) is 59.3 Å². The van der Waals surface area contributed by atoms with Gasteiger partial charge in [0.25, 0.3) is 0 Å². The van der Waals surface area contributed by atoms with Crippen LogP contribution in [0.25, 0.3) is 21.3 Å². The summed E-state index contributed by atoms with van der Waals surface area (Å²) in [6.07, 6.45) is 2.42. The molecule has 4 aromatic rings. The first-order valence-electron chi connectivity index (χ1n) is 8.21. The number of rotatable bonds is 4. The first-order valence-corrected chi connectivity index (χ1v) is 9.82. The van der Waals surface area contributed by atoms with Crippen molar-refractivity contribution < 1.29 is 4.39 Å². The highest BCUT2D eigenvalue weighted by atomic mass is 79.9. The number of nitrogens with one attached hydrogen (secondary N) is 1. The number of para-hydroxylation sites is 1. The number of halogens is 2. The zero-order valence-corrected chi connectivity index (χ0v) is 16.4. The fourth-order valence-electron chi connectivity index (χ4n) is 2.94. The van der Waals surface area contributed by atoms with Crippen molar-refractivity contribution in [1.29, 1.82) is 0 Å². The molecule has 0 aliphatic carbocycles. The minimum atomic E-state index is -0.310. The number of fused-ring (bicyclic) bond motifs is 1. The number of hydrogen-bond acceptors (Lipinski definition) is 4. The molecule has 0 fully saturated rings. The van der Waals surface area contributed by atoms with Crippen molar-refractivity contribution in [3.05, 3.63) is 70.0 Å². The lowest BCUT2D eigenvalue weighted by Crippen LogP contribution is -1.97. The number of aromatic nitrogens is 2. The third kappa shape index (κ3) is 3.10. The van der Waals surface area contributed by atoms with Gasteiger partial charge in [0.15, 0.2) is 0 Å². The van der Waals surface area contributed by atoms with Crippen LogP contribution in [-0.2, 0) is 6.42 Å². The molecule has 0 saturated carbocycles. The maximum absolute atomic E-state index is 14.1. The fourth-order valence-corrected chi connectivity index (χ4v) is 4.30. The minimum Gasteiger partial charge on any atom is -0.337 e. The first kappa shape index (κ1) is 17.1. The standard InChI is InChI=1S/C20H15BrFN3S/c1-2-16-17(12-7-9-13(21)10-8-12)18-19(23-11-24-20(18)26-16)25-15-6-4-3-5-14(15)22/h3-11H,2H2,1H3,(H,23,24,25). The molecule has 2 heterocycles. The molecule has 0 aliphatic heterocycles. The van der Waals surface area contributed by atoms with Crippen LogP contribution in [0, 0.1) is 5.82 Å². The summed E-state index contributed by atoms with van der Waals surface area (Å²) >= 11 is 5.14. The average Bonchev–Trinajstić information content (AvgIpc) is 3.04. The first-order chi connectivity index (χ1) is 12.7. The Bertz CT molecular complexity index is 1080. The zero-order valence-electron chi connectivity index (χ0n) is 14.0. The minimum absolute atomic E-state index is 0.310. The fraction of sp³-hybridized carbons (Fsp3) is 0.100. The van der Waals surface area contributed by atoms with Gasteiger partial charge in [0.05, 0.1) is 11.1 Å². The monoisotopic (exact) mass is 427 g/mol. The zero-order chi connectivity index (χ0) is 18.1. The van der Waals surface area contributed by atoms with Gasteiger partial charge in [-0.1, -0.05) is 47.1 Å². The number of hydrogen-bond donors (Lipinski definition) is 1. The Morgan fingerprint density at radius 3 is 2.58 bits per heavy atom. The lowest BCUT2D eigenvalue weighted by atomic mass is 10.0. The molecule has 0 unspecified atom stereocenters. The second-order valence-corrected chi connectivity index (χ2v) is 7.77. The van der Waals surface area contributed by atoms with Crippen molar-refractivity contribution >= 4 is 49.0 Å². The van der Waals surface area contributed by atoms with Gasteiger partial charge in [0, 0.05) is 14.9 Å². The van der Waals surface area contributed by atoms with Crippen LogP contribution >= 0.6 is 27.3 Å². The number of nitrogens with zero attached hydrogens (tertiary/aromatic N) is 2. The topological polar surface area (TPSA) is 37.8 Å². The Morgan fingerprint density at radius 1 is 1.08 bits per heavy atom. The van der Waals surface area contributed by atoms with Gasteiger partial charge in [0.2, 0.25) is 0 Å². The van der Waals surface area contributed by atoms with Gasteiger partial charge in [-0.2, -0.15) is 0 Å². The van der Waals surface area contributed by atoms with Crippen LogP contribution in [0.1, 0.15) is 11.8 Å². The molecule has 0 radical (unpaired) electrons. The van der Waals surface area contributed by atoms with E-state index in [0.717, 1.165) is 32.2 Å². The molecule has 0 atom stereocenters. The van der Waals surface area contributed by atoms with Crippen LogP contribution < -0.4 is 5.32 Å². The molecular weight excluding hydrogens is 413 g/mol. The highest BCUT2D eigenvalue weighted by Gasteiger charge is 2.18. The molecular formula is C20H15BrFN3S. The molecule has 0 amide bonds. The van der Waals surface area contributed by atoms with Crippen molar-refractivity contribution in [2.75, 3.05) is 5.32 Å². The van der Waals surface area contributed by atoms with E-state index in [-0.39, 0.29) is 5.82 Å². The maximum Gasteiger partial charge on any atom is 0.146 e. The van der Waals surface area contributed by atoms with E-state index in [0.29, 0.717) is 11.5 Å². The summed E-state index contributed by atoms with van der Waals surface area (Å²) < 4.78 is 15.1. The summed E-state index contributed by atoms with van der Waals surface area (Å²) in [6, 6.07) is 14.8. The van der Waals surface area contributed by atoms with E-state index < -0.39 is 0 Å². The molecule has 0 bridgehead atoms. The summed E-state index contributed by atoms with van der Waals surface area (Å²) in [5.41, 5.74) is 2.61. The van der Waals surface area contributed by atoms with E-state index in [9.17, 15) is 4.39 Å². The molecule has 0 aliphatic rings. The third-order valence-electron chi connectivity index (χ3n) is 4.14. The van der Waals surface area contributed by atoms with Crippen LogP contribution in [-0.4, -0.2) is 9.97 Å². The van der Waals surface area contributed by atoms with Crippen LogP contribution in [0.5, 0.6) is 0 Å². The van der Waals surface area contributed by atoms with Gasteiger partial charge in [-0.25, -0.2) is 14.4 Å². The Labute approximate surface area is 163 Å². The van der Waals surface area contributed by atoms with Gasteiger partial charge < -0.3 is 5.32 Å². The van der Waals surface area contributed by atoms with E-state index in [4.69, 9.17) is 0 Å². The lowest BCUT2D eigenvalue weighted by molar-refractivity contribution is 0.632. The average molecular weight is 428 g/mol. The van der Waals surface area contributed by atoms with Crippen LogP contribution in [0.3, 0.4) is 0 Å². The van der Waals surface area contributed by atoms with E-state index in [2.05, 4.69) is 50.3 Å².